The molecule has 1 aliphatic rings. The standard InChI is InChI=1S/C18H23N5O/c1-14(15-6-4-3-5-7-15)20-17(24)16-8-9-19-18(21-16)23-12-10-22(2)11-13-23/h3-9,14H,10-13H2,1-2H3,(H,20,24). The average Bonchev–Trinajstić information content (AvgIpc) is 2.63. The zero-order valence-electron chi connectivity index (χ0n) is 14.1. The fourth-order valence-corrected chi connectivity index (χ4v) is 2.73. The summed E-state index contributed by atoms with van der Waals surface area (Å²) >= 11 is 0. The van der Waals surface area contributed by atoms with Crippen molar-refractivity contribution in [3.05, 3.63) is 53.9 Å². The second-order valence-electron chi connectivity index (χ2n) is 6.14. The largest absolute Gasteiger partial charge is 0.344 e. The van der Waals surface area contributed by atoms with Gasteiger partial charge < -0.3 is 15.1 Å². The third kappa shape index (κ3) is 3.89. The van der Waals surface area contributed by atoms with Crippen molar-refractivity contribution < 1.29 is 4.79 Å². The van der Waals surface area contributed by atoms with Crippen LogP contribution in [0.3, 0.4) is 0 Å². The number of aromatic nitrogens is 2. The van der Waals surface area contributed by atoms with Gasteiger partial charge >= 0.3 is 0 Å². The van der Waals surface area contributed by atoms with Gasteiger partial charge in [-0.3, -0.25) is 4.79 Å². The first-order chi connectivity index (χ1) is 11.6. The van der Waals surface area contributed by atoms with Gasteiger partial charge in [-0.25, -0.2) is 9.97 Å². The lowest BCUT2D eigenvalue weighted by Crippen LogP contribution is -2.45. The van der Waals surface area contributed by atoms with Crippen molar-refractivity contribution in [1.29, 1.82) is 0 Å². The molecular formula is C18H23N5O. The quantitative estimate of drug-likeness (QED) is 0.927. The molecule has 1 atom stereocenters. The summed E-state index contributed by atoms with van der Waals surface area (Å²) < 4.78 is 0. The number of rotatable bonds is 4. The number of likely N-dealkylation sites (N-methyl/N-ethyl adjacent to an activating group) is 1. The van der Waals surface area contributed by atoms with Gasteiger partial charge in [-0.05, 0) is 25.6 Å². The Bertz CT molecular complexity index is 683. The Hall–Kier alpha value is -2.47. The number of anilines is 1. The Kier molecular flexibility index (Phi) is 5.05. The maximum atomic E-state index is 12.5. The molecule has 0 spiro atoms. The predicted molar refractivity (Wildman–Crippen MR) is 94.1 cm³/mol. The van der Waals surface area contributed by atoms with Crippen molar-refractivity contribution in [2.45, 2.75) is 13.0 Å². The van der Waals surface area contributed by atoms with E-state index in [-0.39, 0.29) is 11.9 Å². The van der Waals surface area contributed by atoms with Crippen molar-refractivity contribution >= 4 is 11.9 Å². The third-order valence-corrected chi connectivity index (χ3v) is 4.31. The first kappa shape index (κ1) is 16.4. The monoisotopic (exact) mass is 325 g/mol. The molecular weight excluding hydrogens is 302 g/mol. The van der Waals surface area contributed by atoms with Crippen molar-refractivity contribution in [3.63, 3.8) is 0 Å². The zero-order valence-corrected chi connectivity index (χ0v) is 14.1. The molecule has 1 fully saturated rings. The van der Waals surface area contributed by atoms with Gasteiger partial charge in [-0.15, -0.1) is 0 Å². The Morgan fingerprint density at radius 1 is 1.12 bits per heavy atom. The van der Waals surface area contributed by atoms with Gasteiger partial charge in [0, 0.05) is 32.4 Å². The number of nitrogens with zero attached hydrogens (tertiary/aromatic N) is 4. The van der Waals surface area contributed by atoms with E-state index in [1.807, 2.05) is 37.3 Å². The number of amides is 1. The van der Waals surface area contributed by atoms with Crippen molar-refractivity contribution in [2.75, 3.05) is 38.1 Å². The number of carbonyl (C=O) groups is 1. The number of benzene rings is 1. The number of piperazine rings is 1. The molecule has 6 heteroatoms. The molecule has 2 heterocycles. The highest BCUT2D eigenvalue weighted by Crippen LogP contribution is 2.14. The minimum absolute atomic E-state index is 0.0687. The van der Waals surface area contributed by atoms with Crippen molar-refractivity contribution in [3.8, 4) is 0 Å². The fraction of sp³-hybridized carbons (Fsp3) is 0.389. The minimum atomic E-state index is -0.177. The van der Waals surface area contributed by atoms with Crippen molar-refractivity contribution in [2.24, 2.45) is 0 Å². The lowest BCUT2D eigenvalue weighted by molar-refractivity contribution is 0.0934. The van der Waals surface area contributed by atoms with Crippen LogP contribution < -0.4 is 10.2 Å². The molecule has 0 aliphatic carbocycles. The number of nitrogens with one attached hydrogen (secondary N) is 1. The summed E-state index contributed by atoms with van der Waals surface area (Å²) in [6, 6.07) is 11.5. The zero-order chi connectivity index (χ0) is 16.9. The van der Waals surface area contributed by atoms with Crippen LogP contribution in [0.25, 0.3) is 0 Å². The summed E-state index contributed by atoms with van der Waals surface area (Å²) in [5, 5.41) is 2.99. The Morgan fingerprint density at radius 3 is 2.54 bits per heavy atom. The van der Waals surface area contributed by atoms with Crippen LogP contribution in [0.15, 0.2) is 42.6 Å². The molecule has 1 saturated heterocycles. The molecule has 24 heavy (non-hydrogen) atoms. The fourth-order valence-electron chi connectivity index (χ4n) is 2.73. The first-order valence-electron chi connectivity index (χ1n) is 8.26. The molecule has 1 N–H and O–H groups in total. The SMILES string of the molecule is CC(NC(=O)c1ccnc(N2CCN(C)CC2)n1)c1ccccc1. The molecule has 6 nitrogen and oxygen atoms in total. The smallest absolute Gasteiger partial charge is 0.270 e. The molecule has 0 radical (unpaired) electrons. The van der Waals surface area contributed by atoms with Crippen LogP contribution in [0.4, 0.5) is 5.95 Å². The van der Waals surface area contributed by atoms with Gasteiger partial charge in [0.25, 0.3) is 5.91 Å². The molecule has 0 bridgehead atoms. The molecule has 126 valence electrons. The van der Waals surface area contributed by atoms with E-state index in [0.717, 1.165) is 31.7 Å². The molecule has 1 aliphatic heterocycles. The van der Waals surface area contributed by atoms with Gasteiger partial charge in [0.1, 0.15) is 5.69 Å². The second kappa shape index (κ2) is 7.40. The summed E-state index contributed by atoms with van der Waals surface area (Å²) in [5.41, 5.74) is 1.47. The van der Waals surface area contributed by atoms with Crippen LogP contribution in [0, 0.1) is 0 Å². The highest BCUT2D eigenvalue weighted by Gasteiger charge is 2.18. The summed E-state index contributed by atoms with van der Waals surface area (Å²) in [4.78, 5) is 25.7. The van der Waals surface area contributed by atoms with Crippen LogP contribution in [0.1, 0.15) is 29.0 Å². The molecule has 1 amide bonds. The van der Waals surface area contributed by atoms with E-state index in [9.17, 15) is 4.79 Å². The lowest BCUT2D eigenvalue weighted by Gasteiger charge is -2.32. The summed E-state index contributed by atoms with van der Waals surface area (Å²) in [5.74, 6) is 0.451. The number of carbonyl (C=O) groups excluding carboxylic acids is 1. The van der Waals surface area contributed by atoms with E-state index < -0.39 is 0 Å². The maximum Gasteiger partial charge on any atom is 0.270 e. The Balaban J connectivity index is 1.68. The molecule has 1 unspecified atom stereocenters. The Labute approximate surface area is 142 Å². The van der Waals surface area contributed by atoms with E-state index in [1.165, 1.54) is 0 Å². The Morgan fingerprint density at radius 2 is 1.83 bits per heavy atom. The van der Waals surface area contributed by atoms with Crippen LogP contribution in [0.2, 0.25) is 0 Å². The maximum absolute atomic E-state index is 12.5. The topological polar surface area (TPSA) is 61.4 Å². The van der Waals surface area contributed by atoms with Crippen LogP contribution in [-0.2, 0) is 0 Å². The molecule has 2 aromatic rings. The van der Waals surface area contributed by atoms with Gasteiger partial charge in [-0.2, -0.15) is 0 Å². The van der Waals surface area contributed by atoms with Crippen LogP contribution in [-0.4, -0.2) is 54.0 Å². The van der Waals surface area contributed by atoms with Crippen LogP contribution in [0.5, 0.6) is 0 Å². The highest BCUT2D eigenvalue weighted by atomic mass is 16.1. The van der Waals surface area contributed by atoms with Gasteiger partial charge in [-0.1, -0.05) is 30.3 Å². The number of hydrogen-bond acceptors (Lipinski definition) is 5. The number of hydrogen-bond donors (Lipinski definition) is 1. The summed E-state index contributed by atoms with van der Waals surface area (Å²) in [7, 11) is 2.10. The highest BCUT2D eigenvalue weighted by molar-refractivity contribution is 5.92. The minimum Gasteiger partial charge on any atom is -0.344 e. The molecule has 0 saturated carbocycles. The second-order valence-corrected chi connectivity index (χ2v) is 6.14. The average molecular weight is 325 g/mol. The van der Waals surface area contributed by atoms with Gasteiger partial charge in [0.2, 0.25) is 5.95 Å². The van der Waals surface area contributed by atoms with E-state index in [0.29, 0.717) is 11.6 Å². The van der Waals surface area contributed by atoms with E-state index >= 15 is 0 Å². The summed E-state index contributed by atoms with van der Waals surface area (Å²) in [6.45, 7) is 5.68. The first-order valence-corrected chi connectivity index (χ1v) is 8.26. The molecule has 3 rings (SSSR count). The summed E-state index contributed by atoms with van der Waals surface area (Å²) in [6.07, 6.45) is 1.66. The lowest BCUT2D eigenvalue weighted by atomic mass is 10.1. The van der Waals surface area contributed by atoms with E-state index in [1.54, 1.807) is 12.3 Å². The normalized spacial score (nSPS) is 16.7. The predicted octanol–water partition coefficient (Wildman–Crippen LogP) is 1.72. The molecule has 1 aromatic carbocycles. The third-order valence-electron chi connectivity index (χ3n) is 4.31. The van der Waals surface area contributed by atoms with E-state index in [4.69, 9.17) is 0 Å². The molecule has 1 aromatic heterocycles. The van der Waals surface area contributed by atoms with Gasteiger partial charge in [0.05, 0.1) is 6.04 Å². The van der Waals surface area contributed by atoms with Crippen molar-refractivity contribution in [1.82, 2.24) is 20.2 Å². The van der Waals surface area contributed by atoms with E-state index in [2.05, 4.69) is 32.1 Å². The van der Waals surface area contributed by atoms with Gasteiger partial charge in [0.15, 0.2) is 0 Å². The van der Waals surface area contributed by atoms with Crippen LogP contribution >= 0.6 is 0 Å².